The molecule has 0 amide bonds. The summed E-state index contributed by atoms with van der Waals surface area (Å²) in [6.45, 7) is 8.60. The second kappa shape index (κ2) is 3.82. The first-order chi connectivity index (χ1) is 6.06. The fourth-order valence-corrected chi connectivity index (χ4v) is 1.69. The molecule has 0 aromatic heterocycles. The predicted molar refractivity (Wildman–Crippen MR) is 56.6 cm³/mol. The Balaban J connectivity index is 3.29. The van der Waals surface area contributed by atoms with Crippen LogP contribution >= 0.6 is 0 Å². The molecular formula is C12H18O. The molecule has 0 spiro atoms. The monoisotopic (exact) mass is 178 g/mol. The standard InChI is InChI=1S/C12H18O/c1-8(2)11-7-9(3)6-10(4)12(11)13-5/h6-8H,1-5H3. The van der Waals surface area contributed by atoms with Gasteiger partial charge in [-0.05, 0) is 30.9 Å². The molecule has 1 rings (SSSR count). The summed E-state index contributed by atoms with van der Waals surface area (Å²) in [5.41, 5.74) is 3.84. The Morgan fingerprint density at radius 3 is 2.23 bits per heavy atom. The van der Waals surface area contributed by atoms with Crippen LogP contribution in [0.4, 0.5) is 0 Å². The van der Waals surface area contributed by atoms with E-state index in [2.05, 4.69) is 39.8 Å². The third-order valence-corrected chi connectivity index (χ3v) is 2.27. The highest BCUT2D eigenvalue weighted by Crippen LogP contribution is 2.30. The van der Waals surface area contributed by atoms with Gasteiger partial charge < -0.3 is 4.74 Å². The van der Waals surface area contributed by atoms with Crippen LogP contribution in [0.15, 0.2) is 12.1 Å². The van der Waals surface area contributed by atoms with Crippen molar-refractivity contribution in [2.75, 3.05) is 7.11 Å². The van der Waals surface area contributed by atoms with Crippen LogP contribution in [0.1, 0.15) is 36.5 Å². The lowest BCUT2D eigenvalue weighted by molar-refractivity contribution is 0.404. The summed E-state index contributed by atoms with van der Waals surface area (Å²) >= 11 is 0. The van der Waals surface area contributed by atoms with E-state index >= 15 is 0 Å². The molecule has 0 N–H and O–H groups in total. The molecule has 0 unspecified atom stereocenters. The summed E-state index contributed by atoms with van der Waals surface area (Å²) in [7, 11) is 1.74. The summed E-state index contributed by atoms with van der Waals surface area (Å²) in [6, 6.07) is 4.36. The third kappa shape index (κ3) is 2.03. The van der Waals surface area contributed by atoms with E-state index in [1.807, 2.05) is 0 Å². The van der Waals surface area contributed by atoms with E-state index < -0.39 is 0 Å². The lowest BCUT2D eigenvalue weighted by Crippen LogP contribution is -1.97. The minimum Gasteiger partial charge on any atom is -0.496 e. The first kappa shape index (κ1) is 10.1. The minimum absolute atomic E-state index is 0.522. The molecule has 0 bridgehead atoms. The molecule has 0 aliphatic carbocycles. The molecule has 0 heterocycles. The molecule has 1 aromatic rings. The third-order valence-electron chi connectivity index (χ3n) is 2.27. The molecule has 0 atom stereocenters. The van der Waals surface area contributed by atoms with Crippen molar-refractivity contribution < 1.29 is 4.74 Å². The molecule has 0 fully saturated rings. The highest BCUT2D eigenvalue weighted by molar-refractivity contribution is 5.45. The number of rotatable bonds is 2. The zero-order valence-corrected chi connectivity index (χ0v) is 9.14. The number of methoxy groups -OCH3 is 1. The molecule has 13 heavy (non-hydrogen) atoms. The van der Waals surface area contributed by atoms with Crippen LogP contribution in [0, 0.1) is 13.8 Å². The topological polar surface area (TPSA) is 9.23 Å². The van der Waals surface area contributed by atoms with Crippen molar-refractivity contribution in [3.05, 3.63) is 28.8 Å². The quantitative estimate of drug-likeness (QED) is 0.674. The van der Waals surface area contributed by atoms with Gasteiger partial charge in [-0.1, -0.05) is 31.5 Å². The molecule has 0 saturated heterocycles. The van der Waals surface area contributed by atoms with E-state index in [1.165, 1.54) is 16.7 Å². The Kier molecular flexibility index (Phi) is 2.97. The summed E-state index contributed by atoms with van der Waals surface area (Å²) < 4.78 is 5.39. The zero-order chi connectivity index (χ0) is 10.0. The van der Waals surface area contributed by atoms with Crippen molar-refractivity contribution in [3.8, 4) is 5.75 Å². The van der Waals surface area contributed by atoms with Crippen molar-refractivity contribution in [2.24, 2.45) is 0 Å². The Labute approximate surface area is 80.7 Å². The largest absolute Gasteiger partial charge is 0.496 e. The summed E-state index contributed by atoms with van der Waals surface area (Å²) in [4.78, 5) is 0. The van der Waals surface area contributed by atoms with E-state index in [9.17, 15) is 0 Å². The molecule has 1 heteroatoms. The van der Waals surface area contributed by atoms with Crippen LogP contribution in [-0.4, -0.2) is 7.11 Å². The maximum Gasteiger partial charge on any atom is 0.125 e. The van der Waals surface area contributed by atoms with Crippen LogP contribution in [0.5, 0.6) is 5.75 Å². The van der Waals surface area contributed by atoms with Gasteiger partial charge in [-0.2, -0.15) is 0 Å². The van der Waals surface area contributed by atoms with Gasteiger partial charge in [0.15, 0.2) is 0 Å². The first-order valence-electron chi connectivity index (χ1n) is 4.71. The second-order valence-electron chi connectivity index (χ2n) is 3.86. The number of aryl methyl sites for hydroxylation is 2. The normalized spacial score (nSPS) is 10.6. The molecule has 1 nitrogen and oxygen atoms in total. The average Bonchev–Trinajstić information content (AvgIpc) is 2.02. The number of hydrogen-bond acceptors (Lipinski definition) is 1. The van der Waals surface area contributed by atoms with Gasteiger partial charge in [0.1, 0.15) is 5.75 Å². The summed E-state index contributed by atoms with van der Waals surface area (Å²) in [5.74, 6) is 1.56. The summed E-state index contributed by atoms with van der Waals surface area (Å²) in [6.07, 6.45) is 0. The van der Waals surface area contributed by atoms with E-state index in [0.717, 1.165) is 5.75 Å². The van der Waals surface area contributed by atoms with Gasteiger partial charge in [0.25, 0.3) is 0 Å². The maximum absolute atomic E-state index is 5.39. The molecule has 1 aromatic carbocycles. The van der Waals surface area contributed by atoms with Crippen LogP contribution in [0.3, 0.4) is 0 Å². The Bertz CT molecular complexity index is 300. The summed E-state index contributed by atoms with van der Waals surface area (Å²) in [5, 5.41) is 0. The molecule has 0 aliphatic heterocycles. The van der Waals surface area contributed by atoms with Gasteiger partial charge in [-0.3, -0.25) is 0 Å². The van der Waals surface area contributed by atoms with Crippen molar-refractivity contribution in [2.45, 2.75) is 33.6 Å². The Morgan fingerprint density at radius 1 is 1.15 bits per heavy atom. The fourth-order valence-electron chi connectivity index (χ4n) is 1.69. The highest BCUT2D eigenvalue weighted by Gasteiger charge is 2.09. The average molecular weight is 178 g/mol. The fraction of sp³-hybridized carbons (Fsp3) is 0.500. The van der Waals surface area contributed by atoms with E-state index in [0.29, 0.717) is 5.92 Å². The SMILES string of the molecule is COc1c(C)cc(C)cc1C(C)C. The molecule has 0 aliphatic rings. The van der Waals surface area contributed by atoms with Crippen LogP contribution in [-0.2, 0) is 0 Å². The van der Waals surface area contributed by atoms with E-state index in [4.69, 9.17) is 4.74 Å². The van der Waals surface area contributed by atoms with E-state index in [-0.39, 0.29) is 0 Å². The second-order valence-corrected chi connectivity index (χ2v) is 3.86. The molecule has 72 valence electrons. The van der Waals surface area contributed by atoms with Gasteiger partial charge in [0.05, 0.1) is 7.11 Å². The number of hydrogen-bond donors (Lipinski definition) is 0. The smallest absolute Gasteiger partial charge is 0.125 e. The zero-order valence-electron chi connectivity index (χ0n) is 9.14. The van der Waals surface area contributed by atoms with Crippen LogP contribution < -0.4 is 4.74 Å². The van der Waals surface area contributed by atoms with Gasteiger partial charge in [0, 0.05) is 0 Å². The molecule has 0 radical (unpaired) electrons. The van der Waals surface area contributed by atoms with Crippen LogP contribution in [0.2, 0.25) is 0 Å². The Hall–Kier alpha value is -0.980. The van der Waals surface area contributed by atoms with Crippen molar-refractivity contribution in [1.82, 2.24) is 0 Å². The van der Waals surface area contributed by atoms with Crippen LogP contribution in [0.25, 0.3) is 0 Å². The predicted octanol–water partition coefficient (Wildman–Crippen LogP) is 3.44. The lowest BCUT2D eigenvalue weighted by atomic mass is 9.97. The number of benzene rings is 1. The minimum atomic E-state index is 0.522. The van der Waals surface area contributed by atoms with Gasteiger partial charge in [-0.25, -0.2) is 0 Å². The van der Waals surface area contributed by atoms with Gasteiger partial charge in [0.2, 0.25) is 0 Å². The first-order valence-corrected chi connectivity index (χ1v) is 4.71. The lowest BCUT2D eigenvalue weighted by Gasteiger charge is -2.15. The Morgan fingerprint density at radius 2 is 1.77 bits per heavy atom. The molecule has 0 saturated carbocycles. The van der Waals surface area contributed by atoms with Crippen molar-refractivity contribution in [3.63, 3.8) is 0 Å². The highest BCUT2D eigenvalue weighted by atomic mass is 16.5. The van der Waals surface area contributed by atoms with E-state index in [1.54, 1.807) is 7.11 Å². The number of ether oxygens (including phenoxy) is 1. The van der Waals surface area contributed by atoms with Gasteiger partial charge >= 0.3 is 0 Å². The molecular weight excluding hydrogens is 160 g/mol. The van der Waals surface area contributed by atoms with Crippen molar-refractivity contribution >= 4 is 0 Å². The maximum atomic E-state index is 5.39. The van der Waals surface area contributed by atoms with Gasteiger partial charge in [-0.15, -0.1) is 0 Å². The van der Waals surface area contributed by atoms with Crippen molar-refractivity contribution in [1.29, 1.82) is 0 Å².